The summed E-state index contributed by atoms with van der Waals surface area (Å²) in [5.41, 5.74) is 0.802. The summed E-state index contributed by atoms with van der Waals surface area (Å²) in [4.78, 5) is 15.9. The van der Waals surface area contributed by atoms with Crippen LogP contribution in [0.4, 0.5) is 5.82 Å². The molecule has 112 valence electrons. The van der Waals surface area contributed by atoms with Crippen molar-refractivity contribution in [1.29, 1.82) is 0 Å². The van der Waals surface area contributed by atoms with Crippen LogP contribution >= 0.6 is 0 Å². The standard InChI is InChI=1S/C13H23N5O2/c1-9-11(13(19)20)12(18(4)15-9)14-7-10-8-16(2)5-6-17(10)3/h10,14H,5-8H2,1-4H3,(H,19,20). The van der Waals surface area contributed by atoms with Gasteiger partial charge in [-0.05, 0) is 21.0 Å². The Labute approximate surface area is 119 Å². The quantitative estimate of drug-likeness (QED) is 0.814. The minimum absolute atomic E-state index is 0.263. The first kappa shape index (κ1) is 14.8. The van der Waals surface area contributed by atoms with E-state index in [-0.39, 0.29) is 5.56 Å². The van der Waals surface area contributed by atoms with Crippen LogP contribution in [0.25, 0.3) is 0 Å². The second-order valence-corrected chi connectivity index (χ2v) is 5.52. The molecule has 1 saturated heterocycles. The van der Waals surface area contributed by atoms with Crippen LogP contribution in [0.2, 0.25) is 0 Å². The predicted molar refractivity (Wildman–Crippen MR) is 77.3 cm³/mol. The zero-order valence-electron chi connectivity index (χ0n) is 12.6. The van der Waals surface area contributed by atoms with Gasteiger partial charge in [-0.1, -0.05) is 0 Å². The highest BCUT2D eigenvalue weighted by atomic mass is 16.4. The molecule has 7 heteroatoms. The summed E-state index contributed by atoms with van der Waals surface area (Å²) in [5.74, 6) is -0.358. The average Bonchev–Trinajstić information content (AvgIpc) is 2.65. The summed E-state index contributed by atoms with van der Waals surface area (Å²) in [6.45, 7) is 5.50. The van der Waals surface area contributed by atoms with Gasteiger partial charge in [0, 0.05) is 39.3 Å². The molecule has 1 aromatic heterocycles. The Bertz CT molecular complexity index is 499. The molecule has 0 aliphatic carbocycles. The summed E-state index contributed by atoms with van der Waals surface area (Å²) in [7, 11) is 5.97. The van der Waals surface area contributed by atoms with Gasteiger partial charge in [0.15, 0.2) is 0 Å². The Kier molecular flexibility index (Phi) is 4.29. The number of aromatic carboxylic acids is 1. The summed E-state index contributed by atoms with van der Waals surface area (Å²) in [6, 6.07) is 0.366. The van der Waals surface area contributed by atoms with E-state index in [1.807, 2.05) is 0 Å². The number of anilines is 1. The Hall–Kier alpha value is -1.60. The lowest BCUT2D eigenvalue weighted by Crippen LogP contribution is -2.52. The molecule has 2 N–H and O–H groups in total. The molecule has 0 spiro atoms. The van der Waals surface area contributed by atoms with Crippen molar-refractivity contribution in [3.8, 4) is 0 Å². The van der Waals surface area contributed by atoms with Crippen LogP contribution in [0.5, 0.6) is 0 Å². The molecule has 0 saturated carbocycles. The first-order valence-corrected chi connectivity index (χ1v) is 6.79. The van der Waals surface area contributed by atoms with Gasteiger partial charge in [0.2, 0.25) is 0 Å². The van der Waals surface area contributed by atoms with Crippen LogP contribution in [0.1, 0.15) is 16.1 Å². The number of aromatic nitrogens is 2. The van der Waals surface area contributed by atoms with E-state index < -0.39 is 5.97 Å². The fourth-order valence-corrected chi connectivity index (χ4v) is 2.65. The third kappa shape index (κ3) is 2.94. The topological polar surface area (TPSA) is 73.6 Å². The fourth-order valence-electron chi connectivity index (χ4n) is 2.65. The number of carbonyl (C=O) groups is 1. The molecule has 0 bridgehead atoms. The van der Waals surface area contributed by atoms with Crippen LogP contribution in [0, 0.1) is 6.92 Å². The number of carboxylic acids is 1. The molecule has 20 heavy (non-hydrogen) atoms. The SMILES string of the molecule is Cc1nn(C)c(NCC2CN(C)CCN2C)c1C(=O)O. The number of nitrogens with zero attached hydrogens (tertiary/aromatic N) is 4. The number of likely N-dealkylation sites (N-methyl/N-ethyl adjacent to an activating group) is 2. The lowest BCUT2D eigenvalue weighted by atomic mass is 10.2. The maximum atomic E-state index is 11.3. The van der Waals surface area contributed by atoms with Gasteiger partial charge < -0.3 is 15.3 Å². The maximum absolute atomic E-state index is 11.3. The van der Waals surface area contributed by atoms with Crippen LogP contribution in [0.15, 0.2) is 0 Å². The van der Waals surface area contributed by atoms with Crippen molar-refractivity contribution in [2.75, 3.05) is 45.6 Å². The molecule has 1 unspecified atom stereocenters. The van der Waals surface area contributed by atoms with E-state index in [1.165, 1.54) is 0 Å². The van der Waals surface area contributed by atoms with E-state index in [9.17, 15) is 9.90 Å². The zero-order valence-corrected chi connectivity index (χ0v) is 12.6. The van der Waals surface area contributed by atoms with Gasteiger partial charge in [0.25, 0.3) is 0 Å². The second-order valence-electron chi connectivity index (χ2n) is 5.52. The molecule has 1 aromatic rings. The van der Waals surface area contributed by atoms with Gasteiger partial charge in [-0.3, -0.25) is 9.58 Å². The van der Waals surface area contributed by atoms with Crippen LogP contribution in [-0.4, -0.2) is 77.0 Å². The molecule has 1 fully saturated rings. The van der Waals surface area contributed by atoms with Crippen molar-refractivity contribution < 1.29 is 9.90 Å². The number of hydrogen-bond acceptors (Lipinski definition) is 5. The summed E-state index contributed by atoms with van der Waals surface area (Å²) < 4.78 is 1.60. The van der Waals surface area contributed by atoms with Crippen molar-refractivity contribution in [3.05, 3.63) is 11.3 Å². The molecule has 1 atom stereocenters. The Morgan fingerprint density at radius 1 is 1.40 bits per heavy atom. The minimum Gasteiger partial charge on any atom is -0.477 e. The summed E-state index contributed by atoms with van der Waals surface area (Å²) in [6.07, 6.45) is 0. The van der Waals surface area contributed by atoms with E-state index in [4.69, 9.17) is 0 Å². The smallest absolute Gasteiger partial charge is 0.341 e. The lowest BCUT2D eigenvalue weighted by Gasteiger charge is -2.37. The van der Waals surface area contributed by atoms with E-state index >= 15 is 0 Å². The molecule has 7 nitrogen and oxygen atoms in total. The van der Waals surface area contributed by atoms with Gasteiger partial charge in [-0.25, -0.2) is 4.79 Å². The zero-order chi connectivity index (χ0) is 14.9. The highest BCUT2D eigenvalue weighted by Gasteiger charge is 2.24. The average molecular weight is 281 g/mol. The molecule has 2 heterocycles. The van der Waals surface area contributed by atoms with E-state index in [2.05, 4.69) is 34.3 Å². The number of piperazine rings is 1. The van der Waals surface area contributed by atoms with E-state index in [0.717, 1.165) is 19.6 Å². The fraction of sp³-hybridized carbons (Fsp3) is 0.692. The van der Waals surface area contributed by atoms with Gasteiger partial charge >= 0.3 is 5.97 Å². The molecule has 0 aromatic carbocycles. The largest absolute Gasteiger partial charge is 0.477 e. The van der Waals surface area contributed by atoms with Crippen molar-refractivity contribution in [3.63, 3.8) is 0 Å². The Morgan fingerprint density at radius 3 is 2.75 bits per heavy atom. The van der Waals surface area contributed by atoms with Crippen molar-refractivity contribution >= 4 is 11.8 Å². The first-order chi connectivity index (χ1) is 9.40. The minimum atomic E-state index is -0.938. The molecule has 1 aliphatic rings. The van der Waals surface area contributed by atoms with Gasteiger partial charge in [0.05, 0.1) is 5.69 Å². The highest BCUT2D eigenvalue weighted by molar-refractivity contribution is 5.94. The number of rotatable bonds is 4. The Balaban J connectivity index is 2.09. The monoisotopic (exact) mass is 281 g/mol. The van der Waals surface area contributed by atoms with Crippen LogP contribution in [0.3, 0.4) is 0 Å². The second kappa shape index (κ2) is 5.80. The number of nitrogens with one attached hydrogen (secondary N) is 1. The Morgan fingerprint density at radius 2 is 2.10 bits per heavy atom. The van der Waals surface area contributed by atoms with E-state index in [1.54, 1.807) is 18.7 Å². The van der Waals surface area contributed by atoms with Crippen LogP contribution < -0.4 is 5.32 Å². The summed E-state index contributed by atoms with van der Waals surface area (Å²) in [5, 5.41) is 16.7. The highest BCUT2D eigenvalue weighted by Crippen LogP contribution is 2.19. The molecule has 2 rings (SSSR count). The molecular weight excluding hydrogens is 258 g/mol. The number of aryl methyl sites for hydroxylation is 2. The molecular formula is C13H23N5O2. The lowest BCUT2D eigenvalue weighted by molar-refractivity contribution is 0.0697. The van der Waals surface area contributed by atoms with Gasteiger partial charge in [-0.2, -0.15) is 5.10 Å². The molecule has 0 amide bonds. The molecule has 1 aliphatic heterocycles. The summed E-state index contributed by atoms with van der Waals surface area (Å²) >= 11 is 0. The number of hydrogen-bond donors (Lipinski definition) is 2. The molecule has 0 radical (unpaired) electrons. The number of carboxylic acid groups (broad SMARTS) is 1. The normalized spacial score (nSPS) is 21.1. The third-order valence-electron chi connectivity index (χ3n) is 3.92. The van der Waals surface area contributed by atoms with Crippen molar-refractivity contribution in [1.82, 2.24) is 19.6 Å². The van der Waals surface area contributed by atoms with Crippen molar-refractivity contribution in [2.24, 2.45) is 7.05 Å². The predicted octanol–water partition coefficient (Wildman–Crippen LogP) is 0.0844. The van der Waals surface area contributed by atoms with Gasteiger partial charge in [-0.15, -0.1) is 0 Å². The van der Waals surface area contributed by atoms with Gasteiger partial charge in [0.1, 0.15) is 11.4 Å². The van der Waals surface area contributed by atoms with E-state index in [0.29, 0.717) is 24.1 Å². The van der Waals surface area contributed by atoms with Crippen molar-refractivity contribution in [2.45, 2.75) is 13.0 Å². The third-order valence-corrected chi connectivity index (χ3v) is 3.92. The first-order valence-electron chi connectivity index (χ1n) is 6.79. The van der Waals surface area contributed by atoms with Crippen LogP contribution in [-0.2, 0) is 7.05 Å². The maximum Gasteiger partial charge on any atom is 0.341 e.